The van der Waals surface area contributed by atoms with Gasteiger partial charge in [0.25, 0.3) is 0 Å². The van der Waals surface area contributed by atoms with Crippen LogP contribution < -0.4 is 5.32 Å². The second kappa shape index (κ2) is 9.01. The summed E-state index contributed by atoms with van der Waals surface area (Å²) in [5.74, 6) is -1.03. The van der Waals surface area contributed by atoms with Gasteiger partial charge in [0, 0.05) is 11.5 Å². The van der Waals surface area contributed by atoms with E-state index < -0.39 is 18.1 Å². The summed E-state index contributed by atoms with van der Waals surface area (Å²) in [5, 5.41) is 12.2. The zero-order valence-electron chi connectivity index (χ0n) is 14.9. The fourth-order valence-electron chi connectivity index (χ4n) is 3.63. The van der Waals surface area contributed by atoms with Gasteiger partial charge >= 0.3 is 5.97 Å². The summed E-state index contributed by atoms with van der Waals surface area (Å²) in [4.78, 5) is 38.7. The first-order valence-electron chi connectivity index (χ1n) is 9.13. The second-order valence-corrected chi connectivity index (χ2v) is 8.52. The van der Waals surface area contributed by atoms with Crippen LogP contribution in [-0.2, 0) is 20.8 Å². The van der Waals surface area contributed by atoms with Gasteiger partial charge in [-0.2, -0.15) is 12.6 Å². The molecule has 4 atom stereocenters. The van der Waals surface area contributed by atoms with E-state index in [0.717, 1.165) is 18.4 Å². The highest BCUT2D eigenvalue weighted by atomic mass is 32.2. The number of amides is 2. The van der Waals surface area contributed by atoms with E-state index in [9.17, 15) is 19.5 Å². The van der Waals surface area contributed by atoms with E-state index in [4.69, 9.17) is 0 Å². The Labute approximate surface area is 168 Å². The van der Waals surface area contributed by atoms with Crippen LogP contribution in [0.3, 0.4) is 0 Å². The van der Waals surface area contributed by atoms with Crippen molar-refractivity contribution in [1.82, 2.24) is 10.2 Å². The lowest BCUT2D eigenvalue weighted by atomic mass is 9.99. The van der Waals surface area contributed by atoms with Crippen molar-refractivity contribution in [1.29, 1.82) is 0 Å². The van der Waals surface area contributed by atoms with Crippen LogP contribution in [0.4, 0.5) is 0 Å². The Balaban J connectivity index is 1.68. The van der Waals surface area contributed by atoms with Crippen LogP contribution in [0, 0.1) is 5.92 Å². The number of benzene rings is 1. The van der Waals surface area contributed by atoms with E-state index in [1.54, 1.807) is 0 Å². The fraction of sp³-hybridized carbons (Fsp3) is 0.526. The molecule has 8 heteroatoms. The minimum absolute atomic E-state index is 0.106. The van der Waals surface area contributed by atoms with Crippen LogP contribution in [-0.4, -0.2) is 56.8 Å². The summed E-state index contributed by atoms with van der Waals surface area (Å²) >= 11 is 5.82. The Morgan fingerprint density at radius 1 is 1.30 bits per heavy atom. The van der Waals surface area contributed by atoms with Gasteiger partial charge in [-0.25, -0.2) is 4.79 Å². The third-order valence-electron chi connectivity index (χ3n) is 5.11. The Kier molecular flexibility index (Phi) is 6.70. The maximum absolute atomic E-state index is 13.0. The zero-order valence-corrected chi connectivity index (χ0v) is 16.6. The normalized spacial score (nSPS) is 26.2. The summed E-state index contributed by atoms with van der Waals surface area (Å²) in [6, 6.07) is 8.22. The summed E-state index contributed by atoms with van der Waals surface area (Å²) in [6.45, 7) is 0. The highest BCUT2D eigenvalue weighted by Gasteiger charge is 2.45. The molecule has 27 heavy (non-hydrogen) atoms. The number of rotatable bonds is 6. The smallest absolute Gasteiger partial charge is 0.327 e. The molecule has 0 spiro atoms. The van der Waals surface area contributed by atoms with Gasteiger partial charge in [-0.3, -0.25) is 9.59 Å². The first kappa shape index (κ1) is 20.1. The largest absolute Gasteiger partial charge is 0.480 e. The van der Waals surface area contributed by atoms with Gasteiger partial charge in [0.15, 0.2) is 0 Å². The lowest BCUT2D eigenvalue weighted by Crippen LogP contribution is -2.54. The maximum atomic E-state index is 13.0. The summed E-state index contributed by atoms with van der Waals surface area (Å²) < 4.78 is 0. The van der Waals surface area contributed by atoms with E-state index in [1.165, 1.54) is 16.7 Å². The molecule has 2 saturated heterocycles. The average Bonchev–Trinajstić information content (AvgIpc) is 3.03. The van der Waals surface area contributed by atoms with Crippen LogP contribution in [0.2, 0.25) is 0 Å². The number of carbonyl (C=O) groups is 3. The van der Waals surface area contributed by atoms with Gasteiger partial charge in [0.1, 0.15) is 12.1 Å². The van der Waals surface area contributed by atoms with Crippen molar-refractivity contribution < 1.29 is 19.5 Å². The van der Waals surface area contributed by atoms with Gasteiger partial charge in [-0.15, -0.1) is 11.8 Å². The van der Waals surface area contributed by atoms with Crippen LogP contribution >= 0.6 is 24.4 Å². The molecule has 0 radical (unpaired) electrons. The number of thiol groups is 1. The number of carboxylic acid groups (broad SMARTS) is 1. The van der Waals surface area contributed by atoms with Gasteiger partial charge in [-0.05, 0) is 31.2 Å². The molecule has 0 aliphatic carbocycles. The molecule has 1 aromatic carbocycles. The minimum atomic E-state index is -0.984. The average molecular weight is 409 g/mol. The molecule has 0 unspecified atom stereocenters. The van der Waals surface area contributed by atoms with Crippen molar-refractivity contribution in [3.8, 4) is 0 Å². The van der Waals surface area contributed by atoms with Gasteiger partial charge < -0.3 is 15.3 Å². The molecule has 0 aromatic heterocycles. The summed E-state index contributed by atoms with van der Waals surface area (Å²) in [7, 11) is 0. The van der Waals surface area contributed by atoms with Crippen LogP contribution in [0.1, 0.15) is 24.8 Å². The lowest BCUT2D eigenvalue weighted by molar-refractivity contribution is -0.150. The van der Waals surface area contributed by atoms with Crippen LogP contribution in [0.5, 0.6) is 0 Å². The number of fused-ring (bicyclic) bond motifs is 1. The Bertz CT molecular complexity index is 700. The van der Waals surface area contributed by atoms with Crippen molar-refractivity contribution >= 4 is 42.2 Å². The molecule has 146 valence electrons. The third kappa shape index (κ3) is 4.60. The number of hydrogen-bond donors (Lipinski definition) is 3. The van der Waals surface area contributed by atoms with Gasteiger partial charge in [0.05, 0.1) is 11.3 Å². The highest BCUT2D eigenvalue weighted by Crippen LogP contribution is 2.35. The molecule has 2 N–H and O–H groups in total. The molecule has 2 heterocycles. The van der Waals surface area contributed by atoms with Crippen LogP contribution in [0.15, 0.2) is 30.3 Å². The molecule has 0 saturated carbocycles. The monoisotopic (exact) mass is 408 g/mol. The van der Waals surface area contributed by atoms with E-state index in [-0.39, 0.29) is 23.1 Å². The van der Waals surface area contributed by atoms with Crippen molar-refractivity contribution in [2.45, 2.75) is 43.1 Å². The van der Waals surface area contributed by atoms with E-state index in [1.807, 2.05) is 30.3 Å². The number of carboxylic acids is 1. The quantitative estimate of drug-likeness (QED) is 0.625. The Morgan fingerprint density at radius 3 is 2.70 bits per heavy atom. The first-order valence-corrected chi connectivity index (χ1v) is 10.8. The molecular weight excluding hydrogens is 384 g/mol. The van der Waals surface area contributed by atoms with Crippen molar-refractivity contribution in [2.75, 3.05) is 11.5 Å². The van der Waals surface area contributed by atoms with E-state index in [2.05, 4.69) is 17.9 Å². The maximum Gasteiger partial charge on any atom is 0.327 e. The molecular formula is C19H24N2O4S2. The predicted octanol–water partition coefficient (Wildman–Crippen LogP) is 1.80. The topological polar surface area (TPSA) is 86.7 Å². The minimum Gasteiger partial charge on any atom is -0.480 e. The van der Waals surface area contributed by atoms with E-state index >= 15 is 0 Å². The summed E-state index contributed by atoms with van der Waals surface area (Å²) in [6.07, 6.45) is 2.63. The van der Waals surface area contributed by atoms with Crippen molar-refractivity contribution in [3.63, 3.8) is 0 Å². The molecule has 2 fully saturated rings. The summed E-state index contributed by atoms with van der Waals surface area (Å²) in [5.41, 5.74) is 1.04. The lowest BCUT2D eigenvalue weighted by Gasteiger charge is -2.28. The number of aliphatic carboxylic acids is 1. The number of nitrogens with one attached hydrogen (secondary N) is 1. The SMILES string of the molecule is O=C(N[C@H]1CCC[C@H]2SC[C@@H](C(=O)O)N2C1=O)[C@@H](CS)Cc1ccccc1. The van der Waals surface area contributed by atoms with Gasteiger partial charge in [0.2, 0.25) is 11.8 Å². The standard InChI is InChI=1S/C19H24N2O4S2/c22-17(13(10-26)9-12-5-2-1-3-6-12)20-14-7-4-8-16-21(18(14)23)15(11-27-16)19(24)25/h1-3,5-6,13-16,26H,4,7-11H2,(H,20,22)(H,24,25)/t13-,14+,15+,16-/m1/s1. The molecule has 2 aliphatic rings. The number of thioether (sulfide) groups is 1. The third-order valence-corrected chi connectivity index (χ3v) is 6.90. The highest BCUT2D eigenvalue weighted by molar-refractivity contribution is 8.00. The number of nitrogens with zero attached hydrogens (tertiary/aromatic N) is 1. The first-order chi connectivity index (χ1) is 13.0. The second-order valence-electron chi connectivity index (χ2n) is 6.95. The molecule has 1 aromatic rings. The van der Waals surface area contributed by atoms with Gasteiger partial charge in [-0.1, -0.05) is 30.3 Å². The molecule has 6 nitrogen and oxygen atoms in total. The number of carbonyl (C=O) groups excluding carboxylic acids is 2. The Morgan fingerprint density at radius 2 is 2.04 bits per heavy atom. The molecule has 2 amide bonds. The van der Waals surface area contributed by atoms with Crippen molar-refractivity contribution in [2.24, 2.45) is 5.92 Å². The predicted molar refractivity (Wildman–Crippen MR) is 108 cm³/mol. The van der Waals surface area contributed by atoms with E-state index in [0.29, 0.717) is 24.3 Å². The number of hydrogen-bond acceptors (Lipinski definition) is 5. The fourth-order valence-corrected chi connectivity index (χ4v) is 5.38. The Hall–Kier alpha value is -1.67. The molecule has 2 aliphatic heterocycles. The molecule has 3 rings (SSSR count). The molecule has 0 bridgehead atoms. The van der Waals surface area contributed by atoms with Crippen LogP contribution in [0.25, 0.3) is 0 Å². The van der Waals surface area contributed by atoms with Crippen molar-refractivity contribution in [3.05, 3.63) is 35.9 Å². The zero-order chi connectivity index (χ0) is 19.4.